The average molecular weight is 249 g/mol. The summed E-state index contributed by atoms with van der Waals surface area (Å²) in [5.41, 5.74) is 1.79. The van der Waals surface area contributed by atoms with Gasteiger partial charge in [-0.1, -0.05) is 6.92 Å². The minimum atomic E-state index is 0.586. The zero-order chi connectivity index (χ0) is 13.0. The minimum Gasteiger partial charge on any atom is -0.497 e. The molecular formula is C15H23NO2. The second-order valence-corrected chi connectivity index (χ2v) is 5.18. The molecule has 3 heteroatoms. The van der Waals surface area contributed by atoms with Crippen LogP contribution in [-0.4, -0.2) is 20.8 Å². The van der Waals surface area contributed by atoms with Crippen LogP contribution < -0.4 is 14.8 Å². The third kappa shape index (κ3) is 3.16. The Morgan fingerprint density at radius 2 is 1.72 bits per heavy atom. The predicted octanol–water partition coefficient (Wildman–Crippen LogP) is 2.98. The quantitative estimate of drug-likeness (QED) is 0.806. The van der Waals surface area contributed by atoms with E-state index in [4.69, 9.17) is 9.47 Å². The molecule has 0 aromatic heterocycles. The normalized spacial score (nSPS) is 16.4. The molecule has 2 rings (SSSR count). The summed E-state index contributed by atoms with van der Waals surface area (Å²) in [4.78, 5) is 0. The lowest BCUT2D eigenvalue weighted by atomic mass is 10.0. The van der Waals surface area contributed by atoms with E-state index in [0.29, 0.717) is 5.41 Å². The van der Waals surface area contributed by atoms with E-state index in [9.17, 15) is 0 Å². The topological polar surface area (TPSA) is 30.5 Å². The van der Waals surface area contributed by atoms with E-state index in [1.54, 1.807) is 14.2 Å². The minimum absolute atomic E-state index is 0.586. The highest BCUT2D eigenvalue weighted by Crippen LogP contribution is 2.47. The van der Waals surface area contributed by atoms with Gasteiger partial charge in [0.05, 0.1) is 14.2 Å². The summed E-state index contributed by atoms with van der Waals surface area (Å²) in [5, 5.41) is 3.55. The molecule has 1 fully saturated rings. The molecule has 18 heavy (non-hydrogen) atoms. The molecule has 1 aromatic carbocycles. The summed E-state index contributed by atoms with van der Waals surface area (Å²) >= 11 is 0. The molecule has 0 radical (unpaired) electrons. The monoisotopic (exact) mass is 249 g/mol. The summed E-state index contributed by atoms with van der Waals surface area (Å²) in [6.45, 7) is 4.27. The molecule has 1 saturated carbocycles. The van der Waals surface area contributed by atoms with E-state index in [2.05, 4.69) is 24.4 Å². The van der Waals surface area contributed by atoms with E-state index in [1.165, 1.54) is 24.8 Å². The number of ether oxygens (including phenoxy) is 2. The zero-order valence-corrected chi connectivity index (χ0v) is 11.6. The number of methoxy groups -OCH3 is 2. The van der Waals surface area contributed by atoms with E-state index < -0.39 is 0 Å². The van der Waals surface area contributed by atoms with Crippen molar-refractivity contribution in [3.63, 3.8) is 0 Å². The molecule has 0 aliphatic heterocycles. The van der Waals surface area contributed by atoms with Crippen LogP contribution in [0.2, 0.25) is 0 Å². The van der Waals surface area contributed by atoms with E-state index in [0.717, 1.165) is 24.6 Å². The smallest absolute Gasteiger partial charge is 0.122 e. The molecule has 1 aromatic rings. The van der Waals surface area contributed by atoms with Gasteiger partial charge in [0.1, 0.15) is 11.5 Å². The molecule has 1 aliphatic carbocycles. The van der Waals surface area contributed by atoms with Crippen LogP contribution in [0.4, 0.5) is 0 Å². The molecule has 0 heterocycles. The van der Waals surface area contributed by atoms with Crippen molar-refractivity contribution in [3.05, 3.63) is 23.8 Å². The fourth-order valence-electron chi connectivity index (χ4n) is 2.27. The fraction of sp³-hybridized carbons (Fsp3) is 0.600. The summed E-state index contributed by atoms with van der Waals surface area (Å²) in [6, 6.07) is 6.01. The lowest BCUT2D eigenvalue weighted by Gasteiger charge is -2.14. The lowest BCUT2D eigenvalue weighted by molar-refractivity contribution is 0.392. The maximum absolute atomic E-state index is 5.27. The van der Waals surface area contributed by atoms with Gasteiger partial charge in [0.15, 0.2) is 0 Å². The Morgan fingerprint density at radius 1 is 1.11 bits per heavy atom. The fourth-order valence-corrected chi connectivity index (χ4v) is 2.27. The van der Waals surface area contributed by atoms with Crippen LogP contribution in [-0.2, 0) is 6.54 Å². The van der Waals surface area contributed by atoms with Crippen molar-refractivity contribution < 1.29 is 9.47 Å². The summed E-state index contributed by atoms with van der Waals surface area (Å²) in [7, 11) is 3.37. The van der Waals surface area contributed by atoms with Gasteiger partial charge < -0.3 is 14.8 Å². The molecule has 1 aliphatic rings. The van der Waals surface area contributed by atoms with Crippen molar-refractivity contribution in [2.24, 2.45) is 5.41 Å². The first-order chi connectivity index (χ1) is 8.71. The van der Waals surface area contributed by atoms with Crippen molar-refractivity contribution in [2.45, 2.75) is 32.7 Å². The van der Waals surface area contributed by atoms with Gasteiger partial charge >= 0.3 is 0 Å². The van der Waals surface area contributed by atoms with Gasteiger partial charge in [0.25, 0.3) is 0 Å². The third-order valence-corrected chi connectivity index (χ3v) is 3.95. The van der Waals surface area contributed by atoms with Crippen molar-refractivity contribution in [1.82, 2.24) is 5.32 Å². The number of benzene rings is 1. The van der Waals surface area contributed by atoms with Crippen molar-refractivity contribution in [2.75, 3.05) is 20.8 Å². The van der Waals surface area contributed by atoms with Gasteiger partial charge in [-0.15, -0.1) is 0 Å². The molecule has 0 amide bonds. The van der Waals surface area contributed by atoms with Gasteiger partial charge in [-0.05, 0) is 42.4 Å². The van der Waals surface area contributed by atoms with E-state index in [1.807, 2.05) is 6.07 Å². The first-order valence-corrected chi connectivity index (χ1v) is 6.64. The van der Waals surface area contributed by atoms with Crippen LogP contribution in [0.3, 0.4) is 0 Å². The second-order valence-electron chi connectivity index (χ2n) is 5.18. The van der Waals surface area contributed by atoms with Crippen molar-refractivity contribution in [3.8, 4) is 11.5 Å². The van der Waals surface area contributed by atoms with Crippen LogP contribution in [0.5, 0.6) is 11.5 Å². The number of hydrogen-bond acceptors (Lipinski definition) is 3. The zero-order valence-electron chi connectivity index (χ0n) is 11.6. The first-order valence-electron chi connectivity index (χ1n) is 6.64. The van der Waals surface area contributed by atoms with E-state index >= 15 is 0 Å². The van der Waals surface area contributed by atoms with Gasteiger partial charge in [-0.25, -0.2) is 0 Å². The molecule has 100 valence electrons. The largest absolute Gasteiger partial charge is 0.497 e. The SMILES string of the molecule is CCC1(CNCc2cc(OC)cc(OC)c2)CC1. The van der Waals surface area contributed by atoms with Gasteiger partial charge in [0.2, 0.25) is 0 Å². The summed E-state index contributed by atoms with van der Waals surface area (Å²) < 4.78 is 10.5. The molecule has 0 atom stereocenters. The summed E-state index contributed by atoms with van der Waals surface area (Å²) in [6.07, 6.45) is 4.03. The van der Waals surface area contributed by atoms with Crippen LogP contribution in [0.1, 0.15) is 31.7 Å². The first kappa shape index (κ1) is 13.2. The molecule has 0 unspecified atom stereocenters. The highest BCUT2D eigenvalue weighted by atomic mass is 16.5. The third-order valence-electron chi connectivity index (χ3n) is 3.95. The molecule has 3 nitrogen and oxygen atoms in total. The van der Waals surface area contributed by atoms with Crippen LogP contribution >= 0.6 is 0 Å². The van der Waals surface area contributed by atoms with Crippen LogP contribution in [0.15, 0.2) is 18.2 Å². The Morgan fingerprint density at radius 3 is 2.17 bits per heavy atom. The second kappa shape index (κ2) is 5.61. The van der Waals surface area contributed by atoms with Gasteiger partial charge in [-0.3, -0.25) is 0 Å². The molecule has 0 spiro atoms. The highest BCUT2D eigenvalue weighted by Gasteiger charge is 2.39. The Kier molecular flexibility index (Phi) is 4.12. The van der Waals surface area contributed by atoms with Crippen LogP contribution in [0, 0.1) is 5.41 Å². The van der Waals surface area contributed by atoms with E-state index in [-0.39, 0.29) is 0 Å². The Balaban J connectivity index is 1.92. The van der Waals surface area contributed by atoms with Crippen molar-refractivity contribution in [1.29, 1.82) is 0 Å². The Labute approximate surface area is 109 Å². The van der Waals surface area contributed by atoms with Gasteiger partial charge in [0, 0.05) is 19.2 Å². The highest BCUT2D eigenvalue weighted by molar-refractivity contribution is 5.38. The molecule has 1 N–H and O–H groups in total. The molecule has 0 saturated heterocycles. The Bertz CT molecular complexity index is 377. The Hall–Kier alpha value is -1.22. The average Bonchev–Trinajstić information content (AvgIpc) is 3.19. The predicted molar refractivity (Wildman–Crippen MR) is 73.2 cm³/mol. The van der Waals surface area contributed by atoms with Crippen molar-refractivity contribution >= 4 is 0 Å². The van der Waals surface area contributed by atoms with Gasteiger partial charge in [-0.2, -0.15) is 0 Å². The maximum Gasteiger partial charge on any atom is 0.122 e. The summed E-state index contributed by atoms with van der Waals surface area (Å²) in [5.74, 6) is 1.70. The standard InChI is InChI=1S/C15H23NO2/c1-4-15(5-6-15)11-16-10-12-7-13(17-2)9-14(8-12)18-3/h7-9,16H,4-6,10-11H2,1-3H3. The number of rotatable bonds is 7. The number of hydrogen-bond donors (Lipinski definition) is 1. The maximum atomic E-state index is 5.27. The molecule has 0 bridgehead atoms. The lowest BCUT2D eigenvalue weighted by Crippen LogP contribution is -2.23. The molecular weight excluding hydrogens is 226 g/mol. The van der Waals surface area contributed by atoms with Crippen LogP contribution in [0.25, 0.3) is 0 Å². The number of nitrogens with one attached hydrogen (secondary N) is 1.